The second kappa shape index (κ2) is 5.14. The van der Waals surface area contributed by atoms with E-state index in [0.717, 1.165) is 17.0 Å². The molecule has 17 heavy (non-hydrogen) atoms. The molecule has 0 aliphatic carbocycles. The molecule has 0 bridgehead atoms. The Morgan fingerprint density at radius 3 is 3.06 bits per heavy atom. The van der Waals surface area contributed by atoms with Crippen LogP contribution in [0.5, 0.6) is 0 Å². The smallest absolute Gasteiger partial charge is 0.217 e. The highest BCUT2D eigenvalue weighted by Gasteiger charge is 2.10. The summed E-state index contributed by atoms with van der Waals surface area (Å²) in [5, 5.41) is 0. The molecule has 2 aromatic heterocycles. The Bertz CT molecular complexity index is 537. The van der Waals surface area contributed by atoms with Crippen LogP contribution in [0.2, 0.25) is 0 Å². The van der Waals surface area contributed by atoms with E-state index in [0.29, 0.717) is 25.3 Å². The van der Waals surface area contributed by atoms with Gasteiger partial charge in [0, 0.05) is 19.2 Å². The van der Waals surface area contributed by atoms with Gasteiger partial charge in [-0.05, 0) is 18.6 Å². The fourth-order valence-electron chi connectivity index (χ4n) is 1.75. The molecule has 0 unspecified atom stereocenters. The number of hydrogen-bond donors (Lipinski definition) is 1. The van der Waals surface area contributed by atoms with Crippen LogP contribution in [0.3, 0.4) is 0 Å². The average molecular weight is 253 g/mol. The second-order valence-corrected chi connectivity index (χ2v) is 4.00. The van der Waals surface area contributed by atoms with E-state index in [1.165, 1.54) is 0 Å². The third kappa shape index (κ3) is 2.55. The van der Waals surface area contributed by atoms with Gasteiger partial charge in [-0.2, -0.15) is 0 Å². The minimum atomic E-state index is -0.296. The van der Waals surface area contributed by atoms with Gasteiger partial charge >= 0.3 is 0 Å². The molecule has 0 radical (unpaired) electrons. The molecular formula is C11H13ClN4O. The first kappa shape index (κ1) is 11.9. The van der Waals surface area contributed by atoms with Crippen LogP contribution in [-0.2, 0) is 17.2 Å². The highest BCUT2D eigenvalue weighted by Crippen LogP contribution is 2.15. The van der Waals surface area contributed by atoms with Crippen molar-refractivity contribution in [3.63, 3.8) is 0 Å². The van der Waals surface area contributed by atoms with Gasteiger partial charge in [-0.25, -0.2) is 9.97 Å². The first-order valence-corrected chi connectivity index (χ1v) is 5.90. The fourth-order valence-corrected chi connectivity index (χ4v) is 1.96. The average Bonchev–Trinajstić information content (AvgIpc) is 2.67. The van der Waals surface area contributed by atoms with E-state index < -0.39 is 0 Å². The van der Waals surface area contributed by atoms with Gasteiger partial charge in [0.2, 0.25) is 5.91 Å². The molecule has 0 aromatic carbocycles. The standard InChI is InChI=1S/C11H13ClN4O/c12-7-10-15-8-3-1-5-14-11(8)16(10)6-2-4-9(13)17/h1,3,5H,2,4,6-7H2,(H2,13,17). The number of aromatic nitrogens is 3. The monoisotopic (exact) mass is 252 g/mol. The summed E-state index contributed by atoms with van der Waals surface area (Å²) in [4.78, 5) is 19.4. The number of halogens is 1. The number of nitrogens with two attached hydrogens (primary N) is 1. The largest absolute Gasteiger partial charge is 0.370 e. The van der Waals surface area contributed by atoms with Crippen molar-refractivity contribution in [1.29, 1.82) is 0 Å². The van der Waals surface area contributed by atoms with E-state index in [-0.39, 0.29) is 5.91 Å². The van der Waals surface area contributed by atoms with Crippen molar-refractivity contribution in [2.24, 2.45) is 5.73 Å². The minimum absolute atomic E-state index is 0.296. The Labute approximate surface area is 104 Å². The van der Waals surface area contributed by atoms with Crippen LogP contribution in [-0.4, -0.2) is 20.4 Å². The van der Waals surface area contributed by atoms with Gasteiger partial charge in [0.1, 0.15) is 11.3 Å². The van der Waals surface area contributed by atoms with Crippen LogP contribution >= 0.6 is 11.6 Å². The lowest BCUT2D eigenvalue weighted by Crippen LogP contribution is -2.12. The number of alkyl halides is 1. The molecule has 0 saturated heterocycles. The summed E-state index contributed by atoms with van der Waals surface area (Å²) in [5.41, 5.74) is 6.73. The van der Waals surface area contributed by atoms with Crippen molar-refractivity contribution in [3.8, 4) is 0 Å². The zero-order chi connectivity index (χ0) is 12.3. The summed E-state index contributed by atoms with van der Waals surface area (Å²) in [6.45, 7) is 0.651. The van der Waals surface area contributed by atoms with Gasteiger partial charge < -0.3 is 10.3 Å². The summed E-state index contributed by atoms with van der Waals surface area (Å²) in [6.07, 6.45) is 2.74. The van der Waals surface area contributed by atoms with Gasteiger partial charge in [-0.1, -0.05) is 0 Å². The van der Waals surface area contributed by atoms with Crippen LogP contribution in [0.4, 0.5) is 0 Å². The maximum atomic E-state index is 10.7. The van der Waals surface area contributed by atoms with Gasteiger partial charge in [0.15, 0.2) is 5.65 Å². The lowest BCUT2D eigenvalue weighted by Gasteiger charge is -2.05. The van der Waals surface area contributed by atoms with Crippen molar-refractivity contribution in [1.82, 2.24) is 14.5 Å². The first-order chi connectivity index (χ1) is 8.22. The fraction of sp³-hybridized carbons (Fsp3) is 0.364. The van der Waals surface area contributed by atoms with Crippen molar-refractivity contribution in [3.05, 3.63) is 24.2 Å². The maximum Gasteiger partial charge on any atom is 0.217 e. The Hall–Kier alpha value is -1.62. The molecule has 0 saturated carbocycles. The number of amides is 1. The van der Waals surface area contributed by atoms with E-state index in [1.54, 1.807) is 6.20 Å². The maximum absolute atomic E-state index is 10.7. The minimum Gasteiger partial charge on any atom is -0.370 e. The Balaban J connectivity index is 2.27. The number of primary amides is 1. The van der Waals surface area contributed by atoms with Crippen LogP contribution in [0, 0.1) is 0 Å². The highest BCUT2D eigenvalue weighted by atomic mass is 35.5. The predicted molar refractivity (Wildman–Crippen MR) is 65.5 cm³/mol. The summed E-state index contributed by atoms with van der Waals surface area (Å²) >= 11 is 5.84. The molecule has 0 fully saturated rings. The number of fused-ring (bicyclic) bond motifs is 1. The zero-order valence-electron chi connectivity index (χ0n) is 9.27. The van der Waals surface area contributed by atoms with E-state index in [1.807, 2.05) is 16.7 Å². The Morgan fingerprint density at radius 2 is 2.35 bits per heavy atom. The molecule has 2 aromatic rings. The van der Waals surface area contributed by atoms with Gasteiger partial charge in [0.25, 0.3) is 0 Å². The van der Waals surface area contributed by atoms with E-state index >= 15 is 0 Å². The molecule has 0 aliphatic heterocycles. The second-order valence-electron chi connectivity index (χ2n) is 3.73. The van der Waals surface area contributed by atoms with E-state index in [4.69, 9.17) is 17.3 Å². The van der Waals surface area contributed by atoms with Gasteiger partial charge in [-0.3, -0.25) is 4.79 Å². The van der Waals surface area contributed by atoms with Crippen LogP contribution in [0.25, 0.3) is 11.2 Å². The zero-order valence-corrected chi connectivity index (χ0v) is 10.0. The van der Waals surface area contributed by atoms with Crippen molar-refractivity contribution < 1.29 is 4.79 Å². The molecule has 0 aliphatic rings. The first-order valence-electron chi connectivity index (χ1n) is 5.36. The lowest BCUT2D eigenvalue weighted by atomic mass is 10.3. The third-order valence-electron chi connectivity index (χ3n) is 2.51. The molecule has 0 spiro atoms. The normalized spacial score (nSPS) is 10.9. The number of carbonyl (C=O) groups is 1. The summed E-state index contributed by atoms with van der Waals surface area (Å²) in [7, 11) is 0. The highest BCUT2D eigenvalue weighted by molar-refractivity contribution is 6.16. The van der Waals surface area contributed by atoms with E-state index in [9.17, 15) is 4.79 Å². The number of hydrogen-bond acceptors (Lipinski definition) is 3. The van der Waals surface area contributed by atoms with Crippen molar-refractivity contribution in [2.75, 3.05) is 0 Å². The van der Waals surface area contributed by atoms with E-state index in [2.05, 4.69) is 9.97 Å². The number of carbonyl (C=O) groups excluding carboxylic acids is 1. The van der Waals surface area contributed by atoms with Crippen LogP contribution in [0.1, 0.15) is 18.7 Å². The topological polar surface area (TPSA) is 73.8 Å². The number of imidazole rings is 1. The predicted octanol–water partition coefficient (Wildman–Crippen LogP) is 1.44. The summed E-state index contributed by atoms with van der Waals surface area (Å²) in [5.74, 6) is 0.798. The van der Waals surface area contributed by atoms with Gasteiger partial charge in [0.05, 0.1) is 5.88 Å². The third-order valence-corrected chi connectivity index (χ3v) is 2.75. The molecule has 2 rings (SSSR count). The van der Waals surface area contributed by atoms with Gasteiger partial charge in [-0.15, -0.1) is 11.6 Å². The number of aryl methyl sites for hydroxylation is 1. The quantitative estimate of drug-likeness (QED) is 0.819. The number of nitrogens with zero attached hydrogens (tertiary/aromatic N) is 3. The molecule has 1 amide bonds. The van der Waals surface area contributed by atoms with Crippen LogP contribution in [0.15, 0.2) is 18.3 Å². The Kier molecular flexibility index (Phi) is 3.58. The molecule has 0 atom stereocenters. The molecule has 2 N–H and O–H groups in total. The molecule has 5 nitrogen and oxygen atoms in total. The molecule has 2 heterocycles. The molecule has 6 heteroatoms. The summed E-state index contributed by atoms with van der Waals surface area (Å²) in [6, 6.07) is 3.73. The SMILES string of the molecule is NC(=O)CCCn1c(CCl)nc2cccnc21. The van der Waals surface area contributed by atoms with Crippen molar-refractivity contribution in [2.45, 2.75) is 25.3 Å². The molecular weight excluding hydrogens is 240 g/mol. The Morgan fingerprint density at radius 1 is 1.53 bits per heavy atom. The number of pyridine rings is 1. The number of rotatable bonds is 5. The molecule has 90 valence electrons. The van der Waals surface area contributed by atoms with Crippen molar-refractivity contribution >= 4 is 28.7 Å². The lowest BCUT2D eigenvalue weighted by molar-refractivity contribution is -0.118. The summed E-state index contributed by atoms with van der Waals surface area (Å²) < 4.78 is 1.94. The van der Waals surface area contributed by atoms with Crippen LogP contribution < -0.4 is 5.73 Å².